The van der Waals surface area contributed by atoms with Gasteiger partial charge in [0, 0.05) is 11.7 Å². The number of fused-ring (bicyclic) bond motifs is 1. The molecule has 0 aliphatic carbocycles. The molecule has 104 valence electrons. The molecule has 0 bridgehead atoms. The van der Waals surface area contributed by atoms with Gasteiger partial charge in [0.1, 0.15) is 0 Å². The molecule has 0 saturated heterocycles. The number of benzene rings is 1. The van der Waals surface area contributed by atoms with Crippen LogP contribution in [0.25, 0.3) is 0 Å². The first-order valence-electron chi connectivity index (χ1n) is 7.08. The summed E-state index contributed by atoms with van der Waals surface area (Å²) in [5.74, 6) is 0.0981. The molecule has 1 aromatic carbocycles. The molecule has 1 aliphatic heterocycles. The van der Waals surface area contributed by atoms with Crippen LogP contribution in [0.1, 0.15) is 51.3 Å². The zero-order valence-electron chi connectivity index (χ0n) is 12.3. The van der Waals surface area contributed by atoms with E-state index >= 15 is 0 Å². The molecule has 1 aromatic rings. The number of carbonyl (C=O) groups excluding carboxylic acids is 1. The van der Waals surface area contributed by atoms with E-state index in [0.717, 1.165) is 24.2 Å². The van der Waals surface area contributed by atoms with Crippen LogP contribution in [0.4, 0.5) is 5.69 Å². The highest BCUT2D eigenvalue weighted by molar-refractivity contribution is 5.99. The van der Waals surface area contributed by atoms with Crippen LogP contribution in [-0.2, 0) is 11.2 Å². The molecule has 0 fully saturated rings. The molecule has 3 heteroatoms. The number of anilines is 1. The van der Waals surface area contributed by atoms with Gasteiger partial charge in [0.25, 0.3) is 0 Å². The van der Waals surface area contributed by atoms with Crippen molar-refractivity contribution >= 4 is 11.6 Å². The third-order valence-corrected chi connectivity index (χ3v) is 3.55. The molecular formula is C16H24N2O. The zero-order chi connectivity index (χ0) is 14.0. The Kier molecular flexibility index (Phi) is 3.95. The van der Waals surface area contributed by atoms with Crippen molar-refractivity contribution in [2.45, 2.75) is 46.6 Å². The van der Waals surface area contributed by atoms with Crippen molar-refractivity contribution in [3.63, 3.8) is 0 Å². The minimum absolute atomic E-state index is 0.0981. The lowest BCUT2D eigenvalue weighted by Gasteiger charge is -2.32. The summed E-state index contributed by atoms with van der Waals surface area (Å²) >= 11 is 0. The fourth-order valence-corrected chi connectivity index (χ4v) is 2.64. The predicted molar refractivity (Wildman–Crippen MR) is 79.3 cm³/mol. The van der Waals surface area contributed by atoms with Gasteiger partial charge in [-0.05, 0) is 35.6 Å². The molecule has 0 aromatic heterocycles. The molecule has 0 saturated carbocycles. The van der Waals surface area contributed by atoms with E-state index in [1.165, 1.54) is 5.56 Å². The van der Waals surface area contributed by atoms with Crippen LogP contribution in [0, 0.1) is 5.41 Å². The zero-order valence-corrected chi connectivity index (χ0v) is 12.3. The second-order valence-corrected chi connectivity index (χ2v) is 6.39. The maximum absolute atomic E-state index is 11.4. The van der Waals surface area contributed by atoms with Gasteiger partial charge in [-0.15, -0.1) is 0 Å². The van der Waals surface area contributed by atoms with Gasteiger partial charge in [-0.1, -0.05) is 39.8 Å². The minimum Gasteiger partial charge on any atom is -0.326 e. The largest absolute Gasteiger partial charge is 0.326 e. The van der Waals surface area contributed by atoms with Crippen molar-refractivity contribution in [1.29, 1.82) is 0 Å². The predicted octanol–water partition coefficient (Wildman–Crippen LogP) is 3.27. The van der Waals surface area contributed by atoms with Gasteiger partial charge in [-0.2, -0.15) is 0 Å². The minimum atomic E-state index is 0.0981. The lowest BCUT2D eigenvalue weighted by Crippen LogP contribution is -2.32. The Labute approximate surface area is 115 Å². The Morgan fingerprint density at radius 2 is 2.11 bits per heavy atom. The highest BCUT2D eigenvalue weighted by Crippen LogP contribution is 2.35. The Morgan fingerprint density at radius 1 is 1.37 bits per heavy atom. The quantitative estimate of drug-likeness (QED) is 0.872. The first-order chi connectivity index (χ1) is 8.91. The van der Waals surface area contributed by atoms with Crippen LogP contribution in [-0.4, -0.2) is 12.5 Å². The lowest BCUT2D eigenvalue weighted by atomic mass is 9.81. The summed E-state index contributed by atoms with van der Waals surface area (Å²) in [7, 11) is 0. The van der Waals surface area contributed by atoms with Crippen LogP contribution in [0.2, 0.25) is 0 Å². The Bertz CT molecular complexity index is 474. The monoisotopic (exact) mass is 260 g/mol. The molecule has 2 rings (SSSR count). The molecule has 3 nitrogen and oxygen atoms in total. The standard InChI is InChI=1S/C16H24N2O/c1-5-8-17-15(16(2,3)4)11-6-7-13-12(9-11)10-14(19)18-13/h6-7,9,15,17H,5,8,10H2,1-4H3,(H,18,19). The summed E-state index contributed by atoms with van der Waals surface area (Å²) in [5, 5.41) is 6.51. The second kappa shape index (κ2) is 5.33. The van der Waals surface area contributed by atoms with Crippen LogP contribution >= 0.6 is 0 Å². The Balaban J connectivity index is 2.28. The van der Waals surface area contributed by atoms with Crippen LogP contribution in [0.3, 0.4) is 0 Å². The second-order valence-electron chi connectivity index (χ2n) is 6.39. The van der Waals surface area contributed by atoms with Crippen molar-refractivity contribution in [2.75, 3.05) is 11.9 Å². The average molecular weight is 260 g/mol. The number of rotatable bonds is 4. The summed E-state index contributed by atoms with van der Waals surface area (Å²) in [6.07, 6.45) is 1.63. The molecule has 0 radical (unpaired) electrons. The van der Waals surface area contributed by atoms with Gasteiger partial charge in [0.15, 0.2) is 0 Å². The molecule has 1 aliphatic rings. The summed E-state index contributed by atoms with van der Waals surface area (Å²) in [4.78, 5) is 11.4. The first kappa shape index (κ1) is 14.1. The maximum atomic E-state index is 11.4. The van der Waals surface area contributed by atoms with Crippen molar-refractivity contribution in [2.24, 2.45) is 5.41 Å². The van der Waals surface area contributed by atoms with Crippen molar-refractivity contribution in [3.05, 3.63) is 29.3 Å². The topological polar surface area (TPSA) is 41.1 Å². The normalized spacial score (nSPS) is 16.1. The van der Waals surface area contributed by atoms with E-state index < -0.39 is 0 Å². The van der Waals surface area contributed by atoms with Gasteiger partial charge in [0.05, 0.1) is 6.42 Å². The molecule has 0 spiro atoms. The van der Waals surface area contributed by atoms with Gasteiger partial charge in [0.2, 0.25) is 5.91 Å². The highest BCUT2D eigenvalue weighted by atomic mass is 16.1. The molecule has 19 heavy (non-hydrogen) atoms. The maximum Gasteiger partial charge on any atom is 0.228 e. The molecule has 1 atom stereocenters. The summed E-state index contributed by atoms with van der Waals surface area (Å²) in [5.41, 5.74) is 3.52. The average Bonchev–Trinajstić information content (AvgIpc) is 2.67. The van der Waals surface area contributed by atoms with E-state index in [9.17, 15) is 4.79 Å². The third-order valence-electron chi connectivity index (χ3n) is 3.55. The number of hydrogen-bond donors (Lipinski definition) is 2. The van der Waals surface area contributed by atoms with Crippen molar-refractivity contribution < 1.29 is 4.79 Å². The molecule has 1 unspecified atom stereocenters. The molecular weight excluding hydrogens is 236 g/mol. The fraction of sp³-hybridized carbons (Fsp3) is 0.562. The number of carbonyl (C=O) groups is 1. The number of amides is 1. The van der Waals surface area contributed by atoms with E-state index in [-0.39, 0.29) is 11.3 Å². The van der Waals surface area contributed by atoms with Crippen molar-refractivity contribution in [1.82, 2.24) is 5.32 Å². The Morgan fingerprint density at radius 3 is 2.74 bits per heavy atom. The summed E-state index contributed by atoms with van der Waals surface area (Å²) in [6.45, 7) is 9.93. The van der Waals surface area contributed by atoms with Gasteiger partial charge in [-0.3, -0.25) is 4.79 Å². The van der Waals surface area contributed by atoms with E-state index in [1.54, 1.807) is 0 Å². The highest BCUT2D eigenvalue weighted by Gasteiger charge is 2.27. The number of nitrogens with one attached hydrogen (secondary N) is 2. The third kappa shape index (κ3) is 3.16. The van der Waals surface area contributed by atoms with E-state index in [2.05, 4.69) is 50.5 Å². The lowest BCUT2D eigenvalue weighted by molar-refractivity contribution is -0.115. The molecule has 2 N–H and O–H groups in total. The van der Waals surface area contributed by atoms with Gasteiger partial charge >= 0.3 is 0 Å². The van der Waals surface area contributed by atoms with Gasteiger partial charge in [-0.25, -0.2) is 0 Å². The fourth-order valence-electron chi connectivity index (χ4n) is 2.64. The Hall–Kier alpha value is -1.35. The molecule has 1 amide bonds. The first-order valence-corrected chi connectivity index (χ1v) is 7.08. The van der Waals surface area contributed by atoms with Crippen LogP contribution < -0.4 is 10.6 Å². The van der Waals surface area contributed by atoms with Crippen molar-refractivity contribution in [3.8, 4) is 0 Å². The summed E-state index contributed by atoms with van der Waals surface area (Å²) in [6, 6.07) is 6.64. The molecule has 1 heterocycles. The van der Waals surface area contributed by atoms with Gasteiger partial charge < -0.3 is 10.6 Å². The van der Waals surface area contributed by atoms with E-state index in [4.69, 9.17) is 0 Å². The SMILES string of the molecule is CCCNC(c1ccc2c(c1)CC(=O)N2)C(C)(C)C. The van der Waals surface area contributed by atoms with E-state index in [1.807, 2.05) is 6.07 Å². The van der Waals surface area contributed by atoms with E-state index in [0.29, 0.717) is 12.5 Å². The summed E-state index contributed by atoms with van der Waals surface area (Å²) < 4.78 is 0. The number of hydrogen-bond acceptors (Lipinski definition) is 2. The smallest absolute Gasteiger partial charge is 0.228 e. The van der Waals surface area contributed by atoms with Crippen LogP contribution in [0.15, 0.2) is 18.2 Å². The van der Waals surface area contributed by atoms with Crippen LogP contribution in [0.5, 0.6) is 0 Å².